The average Bonchev–Trinajstić information content (AvgIpc) is 2.64. The first kappa shape index (κ1) is 13.7. The van der Waals surface area contributed by atoms with Crippen molar-refractivity contribution in [1.29, 1.82) is 0 Å². The summed E-state index contributed by atoms with van der Waals surface area (Å²) >= 11 is 0. The molecule has 1 saturated heterocycles. The number of hydrogen-bond donors (Lipinski definition) is 0. The minimum absolute atomic E-state index is 0.218. The maximum absolute atomic E-state index is 10.9. The fraction of sp³-hybridized carbons (Fsp3) is 0.923. The van der Waals surface area contributed by atoms with Crippen LogP contribution in [0.15, 0.2) is 0 Å². The lowest BCUT2D eigenvalue weighted by Crippen LogP contribution is -2.42. The van der Waals surface area contributed by atoms with E-state index < -0.39 is 0 Å². The molecule has 1 aliphatic heterocycles. The highest BCUT2D eigenvalue weighted by Gasteiger charge is 2.26. The van der Waals surface area contributed by atoms with Gasteiger partial charge in [-0.2, -0.15) is 0 Å². The van der Waals surface area contributed by atoms with Gasteiger partial charge in [0.2, 0.25) is 0 Å². The second-order valence-corrected chi connectivity index (χ2v) is 5.73. The van der Waals surface area contributed by atoms with Gasteiger partial charge < -0.3 is 9.69 Å². The average molecular weight is 226 g/mol. The molecule has 0 N–H and O–H groups in total. The Balaban J connectivity index is 2.39. The van der Waals surface area contributed by atoms with Crippen molar-refractivity contribution < 1.29 is 4.79 Å². The normalized spacial score (nSPS) is 22.9. The molecule has 0 radical (unpaired) electrons. The Bertz CT molecular complexity index is 228. The number of likely N-dealkylation sites (N-methyl/N-ethyl adjacent to an activating group) is 2. The van der Waals surface area contributed by atoms with Crippen LogP contribution < -0.4 is 0 Å². The maximum atomic E-state index is 10.9. The Kier molecular flexibility index (Phi) is 4.93. The molecular weight excluding hydrogens is 200 g/mol. The van der Waals surface area contributed by atoms with E-state index in [2.05, 4.69) is 23.8 Å². The Morgan fingerprint density at radius 3 is 2.75 bits per heavy atom. The zero-order valence-electron chi connectivity index (χ0n) is 11.2. The predicted octanol–water partition coefficient (Wildman–Crippen LogP) is 1.63. The van der Waals surface area contributed by atoms with Crippen molar-refractivity contribution in [3.63, 3.8) is 0 Å². The summed E-state index contributed by atoms with van der Waals surface area (Å²) in [6.45, 7) is 10.6. The van der Waals surface area contributed by atoms with Gasteiger partial charge in [0.05, 0.1) is 0 Å². The first-order valence-corrected chi connectivity index (χ1v) is 6.37. The van der Waals surface area contributed by atoms with Crippen LogP contribution in [-0.2, 0) is 4.79 Å². The predicted molar refractivity (Wildman–Crippen MR) is 67.6 cm³/mol. The number of hydrogen-bond acceptors (Lipinski definition) is 3. The van der Waals surface area contributed by atoms with Crippen molar-refractivity contribution in [2.75, 3.05) is 33.2 Å². The molecule has 3 nitrogen and oxygen atoms in total. The summed E-state index contributed by atoms with van der Waals surface area (Å²) in [6, 6.07) is 0.692. The van der Waals surface area contributed by atoms with Crippen LogP contribution in [0.1, 0.15) is 33.6 Å². The monoisotopic (exact) mass is 226 g/mol. The molecule has 94 valence electrons. The summed E-state index contributed by atoms with van der Waals surface area (Å²) in [5.41, 5.74) is -0.218. The minimum atomic E-state index is -0.218. The van der Waals surface area contributed by atoms with E-state index in [1.807, 2.05) is 13.8 Å². The van der Waals surface area contributed by atoms with Gasteiger partial charge in [-0.15, -0.1) is 0 Å². The van der Waals surface area contributed by atoms with E-state index in [0.717, 1.165) is 25.9 Å². The van der Waals surface area contributed by atoms with Crippen LogP contribution in [0.25, 0.3) is 0 Å². The van der Waals surface area contributed by atoms with Crippen LogP contribution in [0.3, 0.4) is 0 Å². The maximum Gasteiger partial charge on any atom is 0.126 e. The van der Waals surface area contributed by atoms with Gasteiger partial charge in [-0.05, 0) is 33.0 Å². The zero-order valence-corrected chi connectivity index (χ0v) is 11.2. The third-order valence-corrected chi connectivity index (χ3v) is 3.42. The van der Waals surface area contributed by atoms with Gasteiger partial charge in [-0.25, -0.2) is 0 Å². The van der Waals surface area contributed by atoms with Crippen molar-refractivity contribution in [3.8, 4) is 0 Å². The van der Waals surface area contributed by atoms with Gasteiger partial charge in [0.1, 0.15) is 6.29 Å². The lowest BCUT2D eigenvalue weighted by Gasteiger charge is -2.31. The largest absolute Gasteiger partial charge is 0.304 e. The first-order chi connectivity index (χ1) is 7.48. The van der Waals surface area contributed by atoms with Crippen molar-refractivity contribution in [2.24, 2.45) is 5.41 Å². The Labute approximate surface area is 99.8 Å². The molecule has 1 unspecified atom stereocenters. The molecule has 1 atom stereocenters. The molecule has 1 fully saturated rings. The highest BCUT2D eigenvalue weighted by Crippen LogP contribution is 2.19. The molecule has 0 saturated carbocycles. The smallest absolute Gasteiger partial charge is 0.126 e. The van der Waals surface area contributed by atoms with Crippen LogP contribution >= 0.6 is 0 Å². The van der Waals surface area contributed by atoms with Gasteiger partial charge >= 0.3 is 0 Å². The highest BCUT2D eigenvalue weighted by atomic mass is 16.1. The fourth-order valence-electron chi connectivity index (χ4n) is 2.68. The second-order valence-electron chi connectivity index (χ2n) is 5.73. The molecule has 0 aromatic rings. The van der Waals surface area contributed by atoms with E-state index in [0.29, 0.717) is 6.04 Å². The van der Waals surface area contributed by atoms with E-state index in [4.69, 9.17) is 0 Å². The van der Waals surface area contributed by atoms with E-state index in [-0.39, 0.29) is 5.41 Å². The molecule has 0 aliphatic carbocycles. The fourth-order valence-corrected chi connectivity index (χ4v) is 2.68. The first-order valence-electron chi connectivity index (χ1n) is 6.37. The molecule has 0 bridgehead atoms. The molecule has 1 heterocycles. The van der Waals surface area contributed by atoms with Crippen LogP contribution in [0.2, 0.25) is 0 Å². The Hall–Kier alpha value is -0.410. The molecule has 0 spiro atoms. The summed E-state index contributed by atoms with van der Waals surface area (Å²) in [5.74, 6) is 0. The lowest BCUT2D eigenvalue weighted by atomic mass is 9.95. The topological polar surface area (TPSA) is 23.6 Å². The Morgan fingerprint density at radius 2 is 2.19 bits per heavy atom. The SMILES string of the molecule is CCN1CCCC1CN(C)CC(C)(C)C=O. The number of carbonyl (C=O) groups excluding carboxylic acids is 1. The van der Waals surface area contributed by atoms with Gasteiger partial charge in [0.25, 0.3) is 0 Å². The summed E-state index contributed by atoms with van der Waals surface area (Å²) in [4.78, 5) is 15.7. The van der Waals surface area contributed by atoms with Crippen molar-refractivity contribution in [3.05, 3.63) is 0 Å². The number of nitrogens with zero attached hydrogens (tertiary/aromatic N) is 2. The van der Waals surface area contributed by atoms with E-state index in [9.17, 15) is 4.79 Å². The number of rotatable bonds is 6. The lowest BCUT2D eigenvalue weighted by molar-refractivity contribution is -0.115. The summed E-state index contributed by atoms with van der Waals surface area (Å²) in [6.07, 6.45) is 3.69. The van der Waals surface area contributed by atoms with Crippen LogP contribution in [0.5, 0.6) is 0 Å². The summed E-state index contributed by atoms with van der Waals surface area (Å²) in [5, 5.41) is 0. The second kappa shape index (κ2) is 5.78. The van der Waals surface area contributed by atoms with E-state index in [1.54, 1.807) is 0 Å². The molecule has 0 amide bonds. The Morgan fingerprint density at radius 1 is 1.50 bits per heavy atom. The molecule has 16 heavy (non-hydrogen) atoms. The van der Waals surface area contributed by atoms with Crippen molar-refractivity contribution >= 4 is 6.29 Å². The molecular formula is C13H26N2O. The number of carbonyl (C=O) groups is 1. The molecule has 3 heteroatoms. The zero-order chi connectivity index (χ0) is 12.2. The highest BCUT2D eigenvalue weighted by molar-refractivity contribution is 5.58. The van der Waals surface area contributed by atoms with Crippen LogP contribution in [0.4, 0.5) is 0 Å². The van der Waals surface area contributed by atoms with Crippen molar-refractivity contribution in [1.82, 2.24) is 9.80 Å². The van der Waals surface area contributed by atoms with Gasteiger partial charge in [0.15, 0.2) is 0 Å². The standard InChI is InChI=1S/C13H26N2O/c1-5-15-8-6-7-12(15)9-14(4)10-13(2,3)11-16/h11-12H,5-10H2,1-4H3. The third kappa shape index (κ3) is 3.87. The molecule has 0 aromatic heterocycles. The summed E-state index contributed by atoms with van der Waals surface area (Å²) in [7, 11) is 2.12. The number of likely N-dealkylation sites (tertiary alicyclic amines) is 1. The molecule has 1 aliphatic rings. The van der Waals surface area contributed by atoms with Gasteiger partial charge in [-0.3, -0.25) is 4.90 Å². The third-order valence-electron chi connectivity index (χ3n) is 3.42. The molecule has 0 aromatic carbocycles. The quantitative estimate of drug-likeness (QED) is 0.643. The van der Waals surface area contributed by atoms with E-state index in [1.165, 1.54) is 19.4 Å². The van der Waals surface area contributed by atoms with Gasteiger partial charge in [0, 0.05) is 24.5 Å². The molecule has 1 rings (SSSR count). The van der Waals surface area contributed by atoms with Crippen molar-refractivity contribution in [2.45, 2.75) is 39.7 Å². The van der Waals surface area contributed by atoms with Crippen LogP contribution in [-0.4, -0.2) is 55.4 Å². The van der Waals surface area contributed by atoms with E-state index >= 15 is 0 Å². The number of aldehydes is 1. The summed E-state index contributed by atoms with van der Waals surface area (Å²) < 4.78 is 0. The minimum Gasteiger partial charge on any atom is -0.304 e. The van der Waals surface area contributed by atoms with Gasteiger partial charge in [-0.1, -0.05) is 20.8 Å². The van der Waals surface area contributed by atoms with Crippen LogP contribution in [0, 0.1) is 5.41 Å².